The Bertz CT molecular complexity index is 597. The maximum absolute atomic E-state index is 5.60. The van der Waals surface area contributed by atoms with Crippen molar-refractivity contribution in [3.05, 3.63) is 91.4 Å². The van der Waals surface area contributed by atoms with Crippen LogP contribution in [0.15, 0.2) is 61.7 Å². The van der Waals surface area contributed by atoms with Crippen molar-refractivity contribution in [2.24, 2.45) is 0 Å². The normalized spacial score (nSPS) is 8.67. The molecular formula is C23H30ClOWY-. The zero-order valence-corrected chi connectivity index (χ0v) is 23.0. The van der Waals surface area contributed by atoms with E-state index in [-0.39, 0.29) is 61.2 Å². The van der Waals surface area contributed by atoms with Gasteiger partial charge in [0.25, 0.3) is 0 Å². The summed E-state index contributed by atoms with van der Waals surface area (Å²) >= 11 is 5.60. The molecule has 0 aliphatic rings. The van der Waals surface area contributed by atoms with Crippen molar-refractivity contribution in [3.8, 4) is 0 Å². The molecule has 0 atom stereocenters. The van der Waals surface area contributed by atoms with E-state index >= 15 is 0 Å². The van der Waals surface area contributed by atoms with E-state index in [2.05, 4.69) is 44.3 Å². The summed E-state index contributed by atoms with van der Waals surface area (Å²) in [6.45, 7) is 11.1. The SMILES string of the molecule is C=Cc1ccc(CCl)cc1.C=Cc1ccc(COCCCC)cc1.[CH3-].[W].[Y]. The van der Waals surface area contributed by atoms with E-state index < -0.39 is 0 Å². The molecular weight excluding hydrogens is 600 g/mol. The molecule has 1 radical (unpaired) electrons. The second kappa shape index (κ2) is 20.7. The third-order valence-corrected chi connectivity index (χ3v) is 3.80. The summed E-state index contributed by atoms with van der Waals surface area (Å²) in [4.78, 5) is 0. The second-order valence-corrected chi connectivity index (χ2v) is 5.70. The van der Waals surface area contributed by atoms with Crippen molar-refractivity contribution < 1.29 is 58.5 Å². The van der Waals surface area contributed by atoms with Crippen molar-refractivity contribution in [3.63, 3.8) is 0 Å². The van der Waals surface area contributed by atoms with E-state index in [0.29, 0.717) is 5.88 Å². The van der Waals surface area contributed by atoms with E-state index in [1.807, 2.05) is 36.4 Å². The summed E-state index contributed by atoms with van der Waals surface area (Å²) in [7, 11) is 0. The standard InChI is InChI=1S/C13H18O.C9H9Cl.CH3.W.Y/c1-3-5-10-14-11-13-8-6-12(4-2)7-9-13;1-2-8-3-5-9(7-10)6-4-8;;;/h4,6-9H,2-3,5,10-11H2,1H3;2-6H,1,7H2;1H3;;/q;;-1;;. The van der Waals surface area contributed by atoms with Crippen LogP contribution in [0, 0.1) is 7.43 Å². The Morgan fingerprint density at radius 3 is 1.70 bits per heavy atom. The van der Waals surface area contributed by atoms with Gasteiger partial charge < -0.3 is 12.2 Å². The molecule has 4 heteroatoms. The first-order chi connectivity index (χ1) is 11.7. The van der Waals surface area contributed by atoms with Gasteiger partial charge in [-0.25, -0.2) is 0 Å². The van der Waals surface area contributed by atoms with Gasteiger partial charge in [-0.15, -0.1) is 11.6 Å². The second-order valence-electron chi connectivity index (χ2n) is 5.43. The van der Waals surface area contributed by atoms with E-state index in [1.165, 1.54) is 12.0 Å². The molecule has 2 aromatic carbocycles. The van der Waals surface area contributed by atoms with Gasteiger partial charge in [0.05, 0.1) is 6.61 Å². The Hall–Kier alpha value is -0.0378. The molecule has 1 nitrogen and oxygen atoms in total. The fourth-order valence-electron chi connectivity index (χ4n) is 1.93. The van der Waals surface area contributed by atoms with Crippen LogP contribution >= 0.6 is 11.6 Å². The number of hydrogen-bond donors (Lipinski definition) is 0. The Morgan fingerprint density at radius 2 is 1.33 bits per heavy atom. The number of hydrogen-bond acceptors (Lipinski definition) is 1. The van der Waals surface area contributed by atoms with Gasteiger partial charge in [0.15, 0.2) is 0 Å². The monoisotopic (exact) mass is 630 g/mol. The quantitative estimate of drug-likeness (QED) is 0.171. The molecule has 0 fully saturated rings. The molecule has 0 N–H and O–H groups in total. The molecule has 0 heterocycles. The van der Waals surface area contributed by atoms with Crippen molar-refractivity contribution in [1.82, 2.24) is 0 Å². The average Bonchev–Trinajstić information content (AvgIpc) is 2.66. The molecule has 27 heavy (non-hydrogen) atoms. The van der Waals surface area contributed by atoms with Gasteiger partial charge in [0.1, 0.15) is 0 Å². The third-order valence-electron chi connectivity index (χ3n) is 3.50. The van der Waals surface area contributed by atoms with E-state index in [9.17, 15) is 0 Å². The zero-order chi connectivity index (χ0) is 17.6. The van der Waals surface area contributed by atoms with Crippen LogP contribution in [0.2, 0.25) is 0 Å². The molecule has 2 rings (SSSR count). The van der Waals surface area contributed by atoms with Crippen molar-refractivity contribution in [2.75, 3.05) is 6.61 Å². The zero-order valence-electron chi connectivity index (χ0n) is 16.5. The molecule has 0 aliphatic carbocycles. The van der Waals surface area contributed by atoms with Gasteiger partial charge in [0, 0.05) is 66.3 Å². The van der Waals surface area contributed by atoms with Crippen LogP contribution in [-0.2, 0) is 71.0 Å². The van der Waals surface area contributed by atoms with Crippen LogP contribution in [0.5, 0.6) is 0 Å². The number of rotatable bonds is 8. The molecule has 0 aromatic heterocycles. The van der Waals surface area contributed by atoms with Crippen LogP contribution in [0.3, 0.4) is 0 Å². The Labute approximate surface area is 210 Å². The summed E-state index contributed by atoms with van der Waals surface area (Å²) in [5.41, 5.74) is 4.66. The number of benzene rings is 2. The predicted octanol–water partition coefficient (Wildman–Crippen LogP) is 7.16. The van der Waals surface area contributed by atoms with E-state index in [4.69, 9.17) is 16.3 Å². The van der Waals surface area contributed by atoms with Crippen LogP contribution in [0.25, 0.3) is 12.2 Å². The van der Waals surface area contributed by atoms with Crippen LogP contribution in [-0.4, -0.2) is 6.61 Å². The van der Waals surface area contributed by atoms with Gasteiger partial charge in [-0.3, -0.25) is 0 Å². The fraction of sp³-hybridized carbons (Fsp3) is 0.261. The summed E-state index contributed by atoms with van der Waals surface area (Å²) in [6, 6.07) is 16.3. The first kappa shape index (κ1) is 31.7. The summed E-state index contributed by atoms with van der Waals surface area (Å²) in [5, 5.41) is 0. The topological polar surface area (TPSA) is 9.23 Å². The molecule has 0 saturated carbocycles. The van der Waals surface area contributed by atoms with Crippen LogP contribution < -0.4 is 0 Å². The predicted molar refractivity (Wildman–Crippen MR) is 114 cm³/mol. The third kappa shape index (κ3) is 14.6. The number of alkyl halides is 1. The Morgan fingerprint density at radius 1 is 0.889 bits per heavy atom. The van der Waals surface area contributed by atoms with Gasteiger partial charge in [-0.05, 0) is 28.7 Å². The van der Waals surface area contributed by atoms with Crippen LogP contribution in [0.4, 0.5) is 0 Å². The van der Waals surface area contributed by atoms with Gasteiger partial charge in [-0.1, -0.05) is 87.2 Å². The molecule has 2 aromatic rings. The summed E-state index contributed by atoms with van der Waals surface area (Å²) < 4.78 is 5.51. The number of unbranched alkanes of at least 4 members (excludes halogenated alkanes) is 1. The van der Waals surface area contributed by atoms with Gasteiger partial charge in [-0.2, -0.15) is 0 Å². The molecule has 0 saturated heterocycles. The minimum atomic E-state index is 0. The van der Waals surface area contributed by atoms with E-state index in [0.717, 1.165) is 36.3 Å². The molecule has 0 bridgehead atoms. The minimum Gasteiger partial charge on any atom is -0.377 e. The van der Waals surface area contributed by atoms with Crippen LogP contribution in [0.1, 0.15) is 42.0 Å². The molecule has 0 amide bonds. The Balaban J connectivity index is -0.000000400. The molecule has 0 unspecified atom stereocenters. The maximum Gasteiger partial charge on any atom is 0.0716 e. The average molecular weight is 631 g/mol. The molecule has 0 spiro atoms. The van der Waals surface area contributed by atoms with Gasteiger partial charge >= 0.3 is 0 Å². The molecule has 0 aliphatic heterocycles. The Kier molecular flexibility index (Phi) is 24.3. The smallest absolute Gasteiger partial charge is 0.0716 e. The minimum absolute atomic E-state index is 0. The largest absolute Gasteiger partial charge is 0.377 e. The van der Waals surface area contributed by atoms with Crippen molar-refractivity contribution >= 4 is 23.8 Å². The van der Waals surface area contributed by atoms with Crippen molar-refractivity contribution in [2.45, 2.75) is 32.3 Å². The fourth-order valence-corrected chi connectivity index (χ4v) is 2.11. The number of ether oxygens (including phenoxy) is 1. The first-order valence-electron chi connectivity index (χ1n) is 8.30. The summed E-state index contributed by atoms with van der Waals surface area (Å²) in [5.74, 6) is 0.581. The maximum atomic E-state index is 5.60. The summed E-state index contributed by atoms with van der Waals surface area (Å²) in [6.07, 6.45) is 6.00. The van der Waals surface area contributed by atoms with Crippen molar-refractivity contribution in [1.29, 1.82) is 0 Å². The first-order valence-corrected chi connectivity index (χ1v) is 8.83. The van der Waals surface area contributed by atoms with E-state index in [1.54, 1.807) is 0 Å². The van der Waals surface area contributed by atoms with Gasteiger partial charge in [0.2, 0.25) is 0 Å². The molecule has 145 valence electrons. The number of halogens is 1.